The van der Waals surface area contributed by atoms with Crippen LogP contribution in [0.4, 0.5) is 4.39 Å². The standard InChI is InChI=1S/C22H22FN3O2/c1-2-18(15-7-4-3-5-8-15)22(27)26-14-6-9-19(26)21-24-20(25-28-21)16-10-12-17(23)13-11-16/h3-5,7-8,10-13,18-19H,2,6,9,14H2,1H3/t18-,19+/m1/s1. The molecule has 1 amide bonds. The number of benzene rings is 2. The van der Waals surface area contributed by atoms with Gasteiger partial charge in [-0.2, -0.15) is 4.98 Å². The average Bonchev–Trinajstić information content (AvgIpc) is 3.39. The van der Waals surface area contributed by atoms with E-state index in [1.807, 2.05) is 42.2 Å². The molecule has 0 spiro atoms. The normalized spacial score (nSPS) is 17.6. The molecule has 144 valence electrons. The number of halogens is 1. The van der Waals surface area contributed by atoms with Crippen LogP contribution in [0.15, 0.2) is 59.1 Å². The van der Waals surface area contributed by atoms with E-state index in [1.54, 1.807) is 12.1 Å². The predicted octanol–water partition coefficient (Wildman–Crippen LogP) is 4.73. The van der Waals surface area contributed by atoms with Crippen molar-refractivity contribution in [1.29, 1.82) is 0 Å². The SMILES string of the molecule is CC[C@@H](C(=O)N1CCC[C@H]1c1nc(-c2ccc(F)cc2)no1)c1ccccc1. The molecule has 1 aliphatic rings. The lowest BCUT2D eigenvalue weighted by molar-refractivity contribution is -0.134. The van der Waals surface area contributed by atoms with Crippen LogP contribution in [0.5, 0.6) is 0 Å². The smallest absolute Gasteiger partial charge is 0.249 e. The highest BCUT2D eigenvalue weighted by Crippen LogP contribution is 2.35. The monoisotopic (exact) mass is 379 g/mol. The molecule has 2 atom stereocenters. The molecule has 0 unspecified atom stereocenters. The second kappa shape index (κ2) is 7.92. The van der Waals surface area contributed by atoms with E-state index in [9.17, 15) is 9.18 Å². The Kier molecular flexibility index (Phi) is 5.19. The molecule has 0 radical (unpaired) electrons. The molecule has 2 heterocycles. The summed E-state index contributed by atoms with van der Waals surface area (Å²) >= 11 is 0. The summed E-state index contributed by atoms with van der Waals surface area (Å²) in [5.41, 5.74) is 1.71. The lowest BCUT2D eigenvalue weighted by Gasteiger charge is -2.26. The lowest BCUT2D eigenvalue weighted by atomic mass is 9.94. The molecule has 0 aliphatic carbocycles. The minimum absolute atomic E-state index is 0.0951. The first-order valence-corrected chi connectivity index (χ1v) is 9.62. The van der Waals surface area contributed by atoms with Crippen molar-refractivity contribution in [2.45, 2.75) is 38.1 Å². The number of aromatic nitrogens is 2. The zero-order valence-corrected chi connectivity index (χ0v) is 15.7. The molecule has 3 aromatic rings. The Labute approximate surface area is 163 Å². The first kappa shape index (κ1) is 18.3. The minimum atomic E-state index is -0.313. The van der Waals surface area contributed by atoms with Gasteiger partial charge in [0.25, 0.3) is 0 Å². The van der Waals surface area contributed by atoms with Gasteiger partial charge in [0, 0.05) is 12.1 Å². The van der Waals surface area contributed by atoms with Crippen LogP contribution >= 0.6 is 0 Å². The number of carbonyl (C=O) groups excluding carboxylic acids is 1. The highest BCUT2D eigenvalue weighted by atomic mass is 19.1. The van der Waals surface area contributed by atoms with Gasteiger partial charge < -0.3 is 9.42 Å². The van der Waals surface area contributed by atoms with Crippen molar-refractivity contribution < 1.29 is 13.7 Å². The Morgan fingerprint density at radius 2 is 1.96 bits per heavy atom. The summed E-state index contributed by atoms with van der Waals surface area (Å²) in [6.45, 7) is 2.71. The van der Waals surface area contributed by atoms with E-state index in [2.05, 4.69) is 10.1 Å². The third-order valence-electron chi connectivity index (χ3n) is 5.27. The number of nitrogens with zero attached hydrogens (tertiary/aromatic N) is 3. The van der Waals surface area contributed by atoms with Gasteiger partial charge in [-0.3, -0.25) is 4.79 Å². The molecule has 5 nitrogen and oxygen atoms in total. The maximum Gasteiger partial charge on any atom is 0.249 e. The van der Waals surface area contributed by atoms with E-state index >= 15 is 0 Å². The van der Waals surface area contributed by atoms with Crippen LogP contribution in [0, 0.1) is 5.82 Å². The van der Waals surface area contributed by atoms with Gasteiger partial charge in [-0.1, -0.05) is 42.4 Å². The summed E-state index contributed by atoms with van der Waals surface area (Å²) < 4.78 is 18.6. The molecule has 6 heteroatoms. The third-order valence-corrected chi connectivity index (χ3v) is 5.27. The fraction of sp³-hybridized carbons (Fsp3) is 0.318. The van der Waals surface area contributed by atoms with Crippen molar-refractivity contribution >= 4 is 5.91 Å². The first-order valence-electron chi connectivity index (χ1n) is 9.62. The van der Waals surface area contributed by atoms with Gasteiger partial charge in [-0.05, 0) is 49.1 Å². The second-order valence-corrected chi connectivity index (χ2v) is 7.02. The number of hydrogen-bond acceptors (Lipinski definition) is 4. The van der Waals surface area contributed by atoms with Gasteiger partial charge in [0.2, 0.25) is 17.6 Å². The van der Waals surface area contributed by atoms with Gasteiger partial charge in [0.1, 0.15) is 11.9 Å². The molecule has 1 aliphatic heterocycles. The Bertz CT molecular complexity index is 940. The van der Waals surface area contributed by atoms with Crippen LogP contribution in [-0.2, 0) is 4.79 Å². The third kappa shape index (κ3) is 3.54. The van der Waals surface area contributed by atoms with Crippen molar-refractivity contribution in [2.75, 3.05) is 6.54 Å². The van der Waals surface area contributed by atoms with Crippen LogP contribution in [0.2, 0.25) is 0 Å². The molecule has 2 aromatic carbocycles. The summed E-state index contributed by atoms with van der Waals surface area (Å²) in [5.74, 6) is 0.447. The zero-order valence-electron chi connectivity index (χ0n) is 15.7. The molecule has 4 rings (SSSR count). The van der Waals surface area contributed by atoms with E-state index < -0.39 is 0 Å². The quantitative estimate of drug-likeness (QED) is 0.643. The van der Waals surface area contributed by atoms with Gasteiger partial charge in [0.15, 0.2) is 0 Å². The number of rotatable bonds is 5. The molecular weight excluding hydrogens is 357 g/mol. The molecule has 1 saturated heterocycles. The predicted molar refractivity (Wildman–Crippen MR) is 103 cm³/mol. The van der Waals surface area contributed by atoms with Crippen molar-refractivity contribution in [3.63, 3.8) is 0 Å². The van der Waals surface area contributed by atoms with Gasteiger partial charge in [-0.15, -0.1) is 0 Å². The zero-order chi connectivity index (χ0) is 19.5. The molecule has 0 bridgehead atoms. The van der Waals surface area contributed by atoms with E-state index in [-0.39, 0.29) is 23.7 Å². The number of amides is 1. The maximum absolute atomic E-state index is 13.3. The highest BCUT2D eigenvalue weighted by molar-refractivity contribution is 5.84. The van der Waals surface area contributed by atoms with Crippen molar-refractivity contribution in [3.8, 4) is 11.4 Å². The summed E-state index contributed by atoms with van der Waals surface area (Å²) in [4.78, 5) is 19.6. The van der Waals surface area contributed by atoms with Crippen LogP contribution in [-0.4, -0.2) is 27.5 Å². The fourth-order valence-corrected chi connectivity index (χ4v) is 3.81. The van der Waals surface area contributed by atoms with Crippen LogP contribution in [0.25, 0.3) is 11.4 Å². The van der Waals surface area contributed by atoms with Crippen molar-refractivity contribution in [3.05, 3.63) is 71.9 Å². The summed E-state index contributed by atoms with van der Waals surface area (Å²) in [6.07, 6.45) is 2.43. The van der Waals surface area contributed by atoms with E-state index in [0.29, 0.717) is 23.8 Å². The van der Waals surface area contributed by atoms with Crippen molar-refractivity contribution in [2.24, 2.45) is 0 Å². The van der Waals surface area contributed by atoms with Gasteiger partial charge >= 0.3 is 0 Å². The van der Waals surface area contributed by atoms with Crippen LogP contribution < -0.4 is 0 Å². The van der Waals surface area contributed by atoms with Crippen molar-refractivity contribution in [1.82, 2.24) is 15.0 Å². The second-order valence-electron chi connectivity index (χ2n) is 7.02. The van der Waals surface area contributed by atoms with Gasteiger partial charge in [-0.25, -0.2) is 4.39 Å². The first-order chi connectivity index (χ1) is 13.7. The molecule has 1 aromatic heterocycles. The Morgan fingerprint density at radius 1 is 1.21 bits per heavy atom. The molecule has 0 N–H and O–H groups in total. The lowest BCUT2D eigenvalue weighted by Crippen LogP contribution is -2.34. The summed E-state index contributed by atoms with van der Waals surface area (Å²) in [7, 11) is 0. The fourth-order valence-electron chi connectivity index (χ4n) is 3.81. The van der Waals surface area contributed by atoms with E-state index in [1.165, 1.54) is 12.1 Å². The Hall–Kier alpha value is -3.02. The molecule has 1 fully saturated rings. The highest BCUT2D eigenvalue weighted by Gasteiger charge is 2.37. The number of likely N-dealkylation sites (tertiary alicyclic amines) is 1. The van der Waals surface area contributed by atoms with E-state index in [4.69, 9.17) is 4.52 Å². The number of carbonyl (C=O) groups is 1. The summed E-state index contributed by atoms with van der Waals surface area (Å²) in [5, 5.41) is 4.03. The van der Waals surface area contributed by atoms with E-state index in [0.717, 1.165) is 24.8 Å². The molecular formula is C22H22FN3O2. The Balaban J connectivity index is 1.57. The Morgan fingerprint density at radius 3 is 2.68 bits per heavy atom. The largest absolute Gasteiger partial charge is 0.337 e. The topological polar surface area (TPSA) is 59.2 Å². The minimum Gasteiger partial charge on any atom is -0.337 e. The molecule has 28 heavy (non-hydrogen) atoms. The molecule has 0 saturated carbocycles. The van der Waals surface area contributed by atoms with Crippen LogP contribution in [0.1, 0.15) is 49.6 Å². The average molecular weight is 379 g/mol. The summed E-state index contributed by atoms with van der Waals surface area (Å²) in [6, 6.07) is 15.6. The number of hydrogen-bond donors (Lipinski definition) is 0. The van der Waals surface area contributed by atoms with Crippen LogP contribution in [0.3, 0.4) is 0 Å². The van der Waals surface area contributed by atoms with Gasteiger partial charge in [0.05, 0.1) is 5.92 Å². The maximum atomic E-state index is 13.3.